The number of nitrogens with zero attached hydrogens (tertiary/aromatic N) is 2. The normalized spacial score (nSPS) is 18.8. The second-order valence-corrected chi connectivity index (χ2v) is 7.06. The highest BCUT2D eigenvalue weighted by Gasteiger charge is 2.37. The Hall–Kier alpha value is -2.31. The Morgan fingerprint density at radius 2 is 1.79 bits per heavy atom. The van der Waals surface area contributed by atoms with Gasteiger partial charge in [0.25, 0.3) is 0 Å². The molecule has 1 amide bonds. The van der Waals surface area contributed by atoms with Gasteiger partial charge in [-0.2, -0.15) is 0 Å². The molecule has 1 unspecified atom stereocenters. The first kappa shape index (κ1) is 20.4. The third kappa shape index (κ3) is 3.80. The predicted molar refractivity (Wildman–Crippen MR) is 107 cm³/mol. The Bertz CT molecular complexity index is 859. The lowest BCUT2D eigenvalue weighted by atomic mass is 9.90. The highest BCUT2D eigenvalue weighted by atomic mass is 35.5. The molecular weight excluding hydrogens is 383 g/mol. The Labute approximate surface area is 170 Å². The molecule has 0 aliphatic carbocycles. The van der Waals surface area contributed by atoms with Crippen LogP contribution in [0.4, 0.5) is 4.39 Å². The molecule has 0 spiro atoms. The molecule has 0 saturated carbocycles. The molecule has 0 radical (unpaired) electrons. The predicted octanol–water partition coefficient (Wildman–Crippen LogP) is 3.21. The van der Waals surface area contributed by atoms with E-state index in [1.807, 2.05) is 17.0 Å². The summed E-state index contributed by atoms with van der Waals surface area (Å²) < 4.78 is 24.0. The van der Waals surface area contributed by atoms with Crippen LogP contribution in [0.5, 0.6) is 11.5 Å². The van der Waals surface area contributed by atoms with Crippen molar-refractivity contribution in [2.45, 2.75) is 19.0 Å². The number of hydrogen-bond donors (Lipinski definition) is 0. The summed E-state index contributed by atoms with van der Waals surface area (Å²) in [6.07, 6.45) is 0.815. The molecule has 1 fully saturated rings. The molecule has 2 aliphatic rings. The van der Waals surface area contributed by atoms with E-state index in [1.165, 1.54) is 17.7 Å². The largest absolute Gasteiger partial charge is 0.493 e. The summed E-state index contributed by atoms with van der Waals surface area (Å²) in [5.74, 6) is 1.28. The van der Waals surface area contributed by atoms with E-state index in [-0.39, 0.29) is 30.2 Å². The molecule has 150 valence electrons. The van der Waals surface area contributed by atoms with Gasteiger partial charge in [0.05, 0.1) is 26.8 Å². The summed E-state index contributed by atoms with van der Waals surface area (Å²) in [6, 6.07) is 10.5. The van der Waals surface area contributed by atoms with E-state index < -0.39 is 0 Å². The number of piperazine rings is 1. The zero-order chi connectivity index (χ0) is 19.0. The molecule has 2 aromatic carbocycles. The zero-order valence-electron chi connectivity index (χ0n) is 16.0. The molecular formula is C21H24ClFN2O3. The summed E-state index contributed by atoms with van der Waals surface area (Å²) in [5, 5.41) is 0. The Morgan fingerprint density at radius 3 is 2.46 bits per heavy atom. The second-order valence-electron chi connectivity index (χ2n) is 7.06. The van der Waals surface area contributed by atoms with Gasteiger partial charge < -0.3 is 14.4 Å². The number of fused-ring (bicyclic) bond motifs is 3. The molecule has 1 atom stereocenters. The number of ether oxygens (including phenoxy) is 2. The van der Waals surface area contributed by atoms with Crippen LogP contribution in [0.3, 0.4) is 0 Å². The van der Waals surface area contributed by atoms with Crippen LogP contribution in [0.15, 0.2) is 36.4 Å². The van der Waals surface area contributed by atoms with E-state index in [0.717, 1.165) is 36.4 Å². The lowest BCUT2D eigenvalue weighted by Gasteiger charge is -2.44. The fourth-order valence-corrected chi connectivity index (χ4v) is 4.08. The van der Waals surface area contributed by atoms with E-state index in [0.29, 0.717) is 18.8 Å². The molecule has 4 rings (SSSR count). The number of methoxy groups -OCH3 is 2. The topological polar surface area (TPSA) is 42.0 Å². The van der Waals surface area contributed by atoms with Gasteiger partial charge >= 0.3 is 0 Å². The van der Waals surface area contributed by atoms with Gasteiger partial charge in [-0.3, -0.25) is 9.69 Å². The van der Waals surface area contributed by atoms with Crippen molar-refractivity contribution in [3.05, 3.63) is 58.9 Å². The average Bonchev–Trinajstić information content (AvgIpc) is 2.68. The number of carbonyl (C=O) groups excluding carboxylic acids is 1. The fourth-order valence-electron chi connectivity index (χ4n) is 4.08. The van der Waals surface area contributed by atoms with Crippen molar-refractivity contribution >= 4 is 18.3 Å². The summed E-state index contributed by atoms with van der Waals surface area (Å²) in [5.41, 5.74) is 3.32. The summed E-state index contributed by atoms with van der Waals surface area (Å²) >= 11 is 0. The van der Waals surface area contributed by atoms with E-state index in [9.17, 15) is 9.18 Å². The van der Waals surface area contributed by atoms with Gasteiger partial charge in [-0.25, -0.2) is 4.39 Å². The molecule has 0 N–H and O–H groups in total. The fraction of sp³-hybridized carbons (Fsp3) is 0.381. The van der Waals surface area contributed by atoms with Crippen molar-refractivity contribution in [1.82, 2.24) is 9.80 Å². The highest BCUT2D eigenvalue weighted by Crippen LogP contribution is 2.39. The van der Waals surface area contributed by atoms with Crippen molar-refractivity contribution in [3.63, 3.8) is 0 Å². The minimum atomic E-state index is -0.248. The molecule has 28 heavy (non-hydrogen) atoms. The van der Waals surface area contributed by atoms with Crippen LogP contribution in [0.2, 0.25) is 0 Å². The third-order valence-electron chi connectivity index (χ3n) is 5.43. The van der Waals surface area contributed by atoms with Gasteiger partial charge in [-0.05, 0) is 47.4 Å². The first-order valence-corrected chi connectivity index (χ1v) is 9.10. The number of rotatable bonds is 4. The van der Waals surface area contributed by atoms with Crippen molar-refractivity contribution in [2.75, 3.05) is 33.9 Å². The first-order chi connectivity index (χ1) is 13.1. The molecule has 2 aliphatic heterocycles. The molecule has 0 bridgehead atoms. The summed E-state index contributed by atoms with van der Waals surface area (Å²) in [6.45, 7) is 2.47. The standard InChI is InChI=1S/C21H23FN2O3.ClH/c1-26-19-9-15-7-8-24-18(17(15)10-20(19)27-2)12-23(13-21(24)25)11-14-3-5-16(22)6-4-14;/h3-6,9-10,18H,7-8,11-13H2,1-2H3;1H. The van der Waals surface area contributed by atoms with Gasteiger partial charge in [-0.15, -0.1) is 12.4 Å². The second kappa shape index (κ2) is 8.37. The maximum absolute atomic E-state index is 13.2. The van der Waals surface area contributed by atoms with E-state index >= 15 is 0 Å². The van der Waals surface area contributed by atoms with Gasteiger partial charge in [0.15, 0.2) is 11.5 Å². The van der Waals surface area contributed by atoms with Crippen molar-refractivity contribution in [3.8, 4) is 11.5 Å². The number of benzene rings is 2. The molecule has 0 aromatic heterocycles. The van der Waals surface area contributed by atoms with E-state index in [1.54, 1.807) is 26.4 Å². The van der Waals surface area contributed by atoms with Crippen LogP contribution >= 0.6 is 12.4 Å². The average molecular weight is 407 g/mol. The molecule has 2 aromatic rings. The Morgan fingerprint density at radius 1 is 1.11 bits per heavy atom. The maximum atomic E-state index is 13.2. The van der Waals surface area contributed by atoms with Gasteiger partial charge in [0.2, 0.25) is 5.91 Å². The van der Waals surface area contributed by atoms with Gasteiger partial charge in [-0.1, -0.05) is 12.1 Å². The lowest BCUT2D eigenvalue weighted by molar-refractivity contribution is -0.140. The Kier molecular flexibility index (Phi) is 6.10. The van der Waals surface area contributed by atoms with Crippen LogP contribution in [0.1, 0.15) is 22.7 Å². The maximum Gasteiger partial charge on any atom is 0.237 e. The van der Waals surface area contributed by atoms with Crippen LogP contribution in [0.25, 0.3) is 0 Å². The minimum Gasteiger partial charge on any atom is -0.493 e. The molecule has 7 heteroatoms. The first-order valence-electron chi connectivity index (χ1n) is 9.10. The third-order valence-corrected chi connectivity index (χ3v) is 5.43. The lowest BCUT2D eigenvalue weighted by Crippen LogP contribution is -2.53. The minimum absolute atomic E-state index is 0. The van der Waals surface area contributed by atoms with E-state index in [2.05, 4.69) is 4.90 Å². The zero-order valence-corrected chi connectivity index (χ0v) is 16.8. The van der Waals surface area contributed by atoms with Crippen molar-refractivity contribution < 1.29 is 18.7 Å². The molecule has 2 heterocycles. The summed E-state index contributed by atoms with van der Waals surface area (Å²) in [4.78, 5) is 16.8. The monoisotopic (exact) mass is 406 g/mol. The molecule has 5 nitrogen and oxygen atoms in total. The SMILES string of the molecule is COc1cc2c(cc1OC)C1CN(Cc3ccc(F)cc3)CC(=O)N1CC2.Cl. The van der Waals surface area contributed by atoms with Crippen molar-refractivity contribution in [1.29, 1.82) is 0 Å². The summed E-state index contributed by atoms with van der Waals surface area (Å²) in [7, 11) is 3.26. The number of hydrogen-bond acceptors (Lipinski definition) is 4. The van der Waals surface area contributed by atoms with Crippen LogP contribution in [-0.2, 0) is 17.8 Å². The smallest absolute Gasteiger partial charge is 0.237 e. The quantitative estimate of drug-likeness (QED) is 0.782. The number of carbonyl (C=O) groups is 1. The van der Waals surface area contributed by atoms with E-state index in [4.69, 9.17) is 9.47 Å². The Balaban J connectivity index is 0.00000225. The van der Waals surface area contributed by atoms with Gasteiger partial charge in [0.1, 0.15) is 5.82 Å². The number of halogens is 2. The van der Waals surface area contributed by atoms with Crippen molar-refractivity contribution in [2.24, 2.45) is 0 Å². The number of amides is 1. The van der Waals surface area contributed by atoms with Gasteiger partial charge in [0, 0.05) is 19.6 Å². The van der Waals surface area contributed by atoms with Crippen LogP contribution in [-0.4, -0.2) is 49.6 Å². The van der Waals surface area contributed by atoms with Crippen LogP contribution < -0.4 is 9.47 Å². The highest BCUT2D eigenvalue weighted by molar-refractivity contribution is 5.85. The van der Waals surface area contributed by atoms with Crippen LogP contribution in [0, 0.1) is 5.82 Å². The molecule has 1 saturated heterocycles.